The highest BCUT2D eigenvalue weighted by atomic mass is 35.5. The van der Waals surface area contributed by atoms with Gasteiger partial charge in [-0.1, -0.05) is 43.6 Å². The summed E-state index contributed by atoms with van der Waals surface area (Å²) >= 11 is 6.49. The van der Waals surface area contributed by atoms with E-state index in [1.54, 1.807) is 24.3 Å². The maximum absolute atomic E-state index is 13.9. The van der Waals surface area contributed by atoms with Gasteiger partial charge in [-0.2, -0.15) is 0 Å². The van der Waals surface area contributed by atoms with Crippen molar-refractivity contribution in [2.45, 2.75) is 33.9 Å². The predicted octanol–water partition coefficient (Wildman–Crippen LogP) is 6.66. The number of nitrogens with one attached hydrogen (secondary N) is 2. The van der Waals surface area contributed by atoms with Crippen LogP contribution in [0.25, 0.3) is 0 Å². The summed E-state index contributed by atoms with van der Waals surface area (Å²) in [6.07, 6.45) is 0. The lowest BCUT2D eigenvalue weighted by Crippen LogP contribution is -2.17. The zero-order valence-electron chi connectivity index (χ0n) is 19.0. The summed E-state index contributed by atoms with van der Waals surface area (Å²) in [5.74, 6) is 0.458. The van der Waals surface area contributed by atoms with Crippen molar-refractivity contribution in [3.8, 4) is 11.5 Å². The van der Waals surface area contributed by atoms with Crippen LogP contribution in [0.15, 0.2) is 60.7 Å². The third-order valence-corrected chi connectivity index (χ3v) is 5.15. The zero-order valence-corrected chi connectivity index (χ0v) is 19.7. The van der Waals surface area contributed by atoms with Crippen molar-refractivity contribution in [1.29, 1.82) is 0 Å². The van der Waals surface area contributed by atoms with Gasteiger partial charge in [0.05, 0.1) is 11.6 Å². The number of benzene rings is 3. The molecule has 0 heterocycles. The number of halogens is 2. The molecule has 0 unspecified atom stereocenters. The van der Waals surface area contributed by atoms with Gasteiger partial charge < -0.3 is 20.1 Å². The van der Waals surface area contributed by atoms with Crippen molar-refractivity contribution >= 4 is 28.9 Å². The van der Waals surface area contributed by atoms with Gasteiger partial charge in [0, 0.05) is 29.4 Å². The molecule has 3 aromatic rings. The topological polar surface area (TPSA) is 59.6 Å². The van der Waals surface area contributed by atoms with Crippen LogP contribution in [0.2, 0.25) is 5.02 Å². The summed E-state index contributed by atoms with van der Waals surface area (Å²) in [6, 6.07) is 17.6. The minimum atomic E-state index is -0.331. The second-order valence-electron chi connectivity index (χ2n) is 7.79. The van der Waals surface area contributed by atoms with Crippen molar-refractivity contribution < 1.29 is 18.7 Å². The number of hydrogen-bond acceptors (Lipinski definition) is 4. The molecule has 0 aliphatic heterocycles. The Kier molecular flexibility index (Phi) is 8.55. The van der Waals surface area contributed by atoms with Crippen LogP contribution >= 0.6 is 11.6 Å². The van der Waals surface area contributed by atoms with E-state index in [9.17, 15) is 9.18 Å². The van der Waals surface area contributed by atoms with Crippen LogP contribution in [-0.4, -0.2) is 12.5 Å². The molecule has 3 aromatic carbocycles. The van der Waals surface area contributed by atoms with E-state index in [1.807, 2.05) is 51.1 Å². The maximum Gasteiger partial charge on any atom is 0.226 e. The minimum absolute atomic E-state index is 0.0221. The lowest BCUT2D eigenvalue weighted by Gasteiger charge is -2.16. The first-order valence-corrected chi connectivity index (χ1v) is 11.2. The number of amides is 1. The van der Waals surface area contributed by atoms with Gasteiger partial charge in [-0.3, -0.25) is 4.79 Å². The molecule has 7 heteroatoms. The second kappa shape index (κ2) is 11.6. The third kappa shape index (κ3) is 6.86. The Morgan fingerprint density at radius 2 is 1.73 bits per heavy atom. The van der Waals surface area contributed by atoms with Crippen LogP contribution in [0.1, 0.15) is 31.9 Å². The molecule has 3 rings (SSSR count). The van der Waals surface area contributed by atoms with Gasteiger partial charge in [0.1, 0.15) is 12.4 Å². The molecule has 1 amide bonds. The van der Waals surface area contributed by atoms with Gasteiger partial charge in [-0.15, -0.1) is 0 Å². The van der Waals surface area contributed by atoms with E-state index in [4.69, 9.17) is 21.1 Å². The van der Waals surface area contributed by atoms with Gasteiger partial charge in [-0.05, 0) is 55.0 Å². The Hall–Kier alpha value is -3.25. The average molecular weight is 471 g/mol. The molecule has 0 aliphatic rings. The van der Waals surface area contributed by atoms with Crippen LogP contribution in [0.4, 0.5) is 15.8 Å². The molecule has 0 saturated heterocycles. The van der Waals surface area contributed by atoms with E-state index in [2.05, 4.69) is 10.6 Å². The van der Waals surface area contributed by atoms with E-state index in [1.165, 1.54) is 6.07 Å². The Morgan fingerprint density at radius 3 is 2.39 bits per heavy atom. The van der Waals surface area contributed by atoms with Gasteiger partial charge in [0.25, 0.3) is 0 Å². The number of rotatable bonds is 10. The number of carbonyl (C=O) groups excluding carboxylic acids is 1. The van der Waals surface area contributed by atoms with Gasteiger partial charge in [-0.25, -0.2) is 4.39 Å². The molecule has 0 aromatic heterocycles. The quantitative estimate of drug-likeness (QED) is 0.347. The molecule has 0 radical (unpaired) electrons. The molecule has 0 atom stereocenters. The molecule has 0 aliphatic carbocycles. The molecule has 5 nitrogen and oxygen atoms in total. The molecule has 0 bridgehead atoms. The van der Waals surface area contributed by atoms with E-state index >= 15 is 0 Å². The van der Waals surface area contributed by atoms with Crippen LogP contribution < -0.4 is 20.1 Å². The fourth-order valence-electron chi connectivity index (χ4n) is 3.05. The largest absolute Gasteiger partial charge is 0.490 e. The highest BCUT2D eigenvalue weighted by molar-refractivity contribution is 6.32. The molecular formula is C26H28ClFN2O3. The Labute approximate surface area is 198 Å². The Bertz CT molecular complexity index is 1090. The molecule has 0 fully saturated rings. The van der Waals surface area contributed by atoms with Crippen molar-refractivity contribution in [1.82, 2.24) is 0 Å². The van der Waals surface area contributed by atoms with Crippen molar-refractivity contribution in [2.24, 2.45) is 5.92 Å². The summed E-state index contributed by atoms with van der Waals surface area (Å²) in [5, 5.41) is 6.58. The van der Waals surface area contributed by atoms with Gasteiger partial charge >= 0.3 is 0 Å². The van der Waals surface area contributed by atoms with Gasteiger partial charge in [0.2, 0.25) is 5.91 Å². The summed E-state index contributed by atoms with van der Waals surface area (Å²) in [5.41, 5.74) is 2.98. The maximum atomic E-state index is 13.9. The molecular weight excluding hydrogens is 443 g/mol. The summed E-state index contributed by atoms with van der Waals surface area (Å²) in [4.78, 5) is 11.8. The molecule has 2 N–H and O–H groups in total. The highest BCUT2D eigenvalue weighted by Crippen LogP contribution is 2.37. The number of anilines is 2. The van der Waals surface area contributed by atoms with Crippen LogP contribution in [0.3, 0.4) is 0 Å². The first kappa shape index (κ1) is 24.4. The van der Waals surface area contributed by atoms with Crippen LogP contribution in [0.5, 0.6) is 11.5 Å². The van der Waals surface area contributed by atoms with Crippen LogP contribution in [0, 0.1) is 11.7 Å². The SMILES string of the molecule is CCOc1cc(CNc2ccc(NC(=O)C(C)C)cc2)cc(Cl)c1OCc1ccccc1F. The smallest absolute Gasteiger partial charge is 0.226 e. The second-order valence-corrected chi connectivity index (χ2v) is 8.20. The molecule has 0 saturated carbocycles. The standard InChI is InChI=1S/C26H28ClFN2O3/c1-4-32-24-14-18(13-22(27)25(24)33-16-19-7-5-6-8-23(19)28)15-29-20-9-11-21(12-10-20)30-26(31)17(2)3/h5-14,17,29H,4,15-16H2,1-3H3,(H,30,31). The number of carbonyl (C=O) groups is 1. The molecule has 33 heavy (non-hydrogen) atoms. The molecule has 174 valence electrons. The van der Waals surface area contributed by atoms with E-state index in [-0.39, 0.29) is 24.2 Å². The lowest BCUT2D eigenvalue weighted by atomic mass is 10.1. The Morgan fingerprint density at radius 1 is 1.03 bits per heavy atom. The van der Waals surface area contributed by atoms with E-state index < -0.39 is 0 Å². The van der Waals surface area contributed by atoms with Crippen molar-refractivity contribution in [3.05, 3.63) is 82.6 Å². The Balaban J connectivity index is 1.67. The fraction of sp³-hybridized carbons (Fsp3) is 0.269. The molecule has 0 spiro atoms. The van der Waals surface area contributed by atoms with E-state index in [0.29, 0.717) is 35.2 Å². The monoisotopic (exact) mass is 470 g/mol. The zero-order chi connectivity index (χ0) is 23.8. The summed E-state index contributed by atoms with van der Waals surface area (Å²) in [6.45, 7) is 6.56. The third-order valence-electron chi connectivity index (χ3n) is 4.87. The van der Waals surface area contributed by atoms with E-state index in [0.717, 1.165) is 16.9 Å². The highest BCUT2D eigenvalue weighted by Gasteiger charge is 2.14. The fourth-order valence-corrected chi connectivity index (χ4v) is 3.34. The summed E-state index contributed by atoms with van der Waals surface area (Å²) in [7, 11) is 0. The first-order chi connectivity index (χ1) is 15.9. The lowest BCUT2D eigenvalue weighted by molar-refractivity contribution is -0.118. The van der Waals surface area contributed by atoms with Crippen molar-refractivity contribution in [3.63, 3.8) is 0 Å². The minimum Gasteiger partial charge on any atom is -0.490 e. The normalized spacial score (nSPS) is 10.7. The number of ether oxygens (including phenoxy) is 2. The summed E-state index contributed by atoms with van der Waals surface area (Å²) < 4.78 is 25.5. The van der Waals surface area contributed by atoms with Crippen LogP contribution in [-0.2, 0) is 17.9 Å². The average Bonchev–Trinajstić information content (AvgIpc) is 2.79. The number of hydrogen-bond donors (Lipinski definition) is 2. The van der Waals surface area contributed by atoms with Gasteiger partial charge in [0.15, 0.2) is 11.5 Å². The predicted molar refractivity (Wildman–Crippen MR) is 131 cm³/mol. The first-order valence-electron chi connectivity index (χ1n) is 10.8. The van der Waals surface area contributed by atoms with Crippen molar-refractivity contribution in [2.75, 3.05) is 17.2 Å².